The molecule has 118 valence electrons. The maximum absolute atomic E-state index is 12.0. The number of halogens is 1. The van der Waals surface area contributed by atoms with Crippen molar-refractivity contribution in [1.82, 2.24) is 5.32 Å². The van der Waals surface area contributed by atoms with Crippen molar-refractivity contribution in [2.75, 3.05) is 5.32 Å². The lowest BCUT2D eigenvalue weighted by Gasteiger charge is -2.11. The molecule has 0 aliphatic heterocycles. The van der Waals surface area contributed by atoms with Crippen LogP contribution in [0.1, 0.15) is 10.4 Å². The highest BCUT2D eigenvalue weighted by atomic mass is 35.5. The first-order valence-corrected chi connectivity index (χ1v) is 7.01. The lowest BCUT2D eigenvalue weighted by molar-refractivity contribution is -0.384. The Labute approximate surface area is 141 Å². The molecule has 2 aromatic rings. The first-order chi connectivity index (χ1) is 10.9. The molecule has 2 rings (SSSR count). The van der Waals surface area contributed by atoms with Crippen molar-refractivity contribution in [3.05, 3.63) is 63.2 Å². The average Bonchev–Trinajstić information content (AvgIpc) is 2.51. The largest absolute Gasteiger partial charge is 0.506 e. The predicted molar refractivity (Wildman–Crippen MR) is 89.9 cm³/mol. The number of non-ortho nitro benzene ring substituents is 1. The van der Waals surface area contributed by atoms with E-state index in [0.29, 0.717) is 5.02 Å². The lowest BCUT2D eigenvalue weighted by Crippen LogP contribution is -2.34. The third-order valence-corrected chi connectivity index (χ3v) is 3.19. The molecule has 0 aromatic heterocycles. The van der Waals surface area contributed by atoms with E-state index in [1.807, 2.05) is 0 Å². The van der Waals surface area contributed by atoms with Crippen LogP contribution in [0.3, 0.4) is 0 Å². The molecular weight excluding hydrogens is 342 g/mol. The highest BCUT2D eigenvalue weighted by molar-refractivity contribution is 7.80. The Morgan fingerprint density at radius 2 is 2.00 bits per heavy atom. The molecule has 0 spiro atoms. The molecule has 0 aliphatic rings. The molecule has 0 saturated heterocycles. The van der Waals surface area contributed by atoms with Crippen molar-refractivity contribution in [2.45, 2.75) is 0 Å². The molecular formula is C14H10ClN3O4S. The topological polar surface area (TPSA) is 104 Å². The summed E-state index contributed by atoms with van der Waals surface area (Å²) >= 11 is 10.8. The Morgan fingerprint density at radius 3 is 2.70 bits per heavy atom. The normalized spacial score (nSPS) is 9.96. The van der Waals surface area contributed by atoms with Crippen LogP contribution in [0, 0.1) is 10.1 Å². The van der Waals surface area contributed by atoms with Gasteiger partial charge < -0.3 is 10.4 Å². The Hall–Kier alpha value is -2.71. The Morgan fingerprint density at radius 1 is 1.26 bits per heavy atom. The minimum Gasteiger partial charge on any atom is -0.506 e. The van der Waals surface area contributed by atoms with Crippen molar-refractivity contribution in [3.8, 4) is 5.75 Å². The number of hydrogen-bond acceptors (Lipinski definition) is 5. The molecule has 1 amide bonds. The van der Waals surface area contributed by atoms with E-state index in [-0.39, 0.29) is 27.8 Å². The average molecular weight is 352 g/mol. The number of nitro benzene ring substituents is 1. The number of hydrogen-bond donors (Lipinski definition) is 3. The van der Waals surface area contributed by atoms with Crippen LogP contribution in [0.15, 0.2) is 42.5 Å². The predicted octanol–water partition coefficient (Wildman–Crippen LogP) is 3.08. The minimum atomic E-state index is -0.618. The molecule has 0 heterocycles. The molecule has 2 aromatic carbocycles. The van der Waals surface area contributed by atoms with Gasteiger partial charge >= 0.3 is 0 Å². The molecule has 0 saturated carbocycles. The van der Waals surface area contributed by atoms with Crippen LogP contribution in [0.25, 0.3) is 0 Å². The summed E-state index contributed by atoms with van der Waals surface area (Å²) in [4.78, 5) is 22.1. The van der Waals surface area contributed by atoms with Gasteiger partial charge in [0.25, 0.3) is 11.6 Å². The van der Waals surface area contributed by atoms with Crippen molar-refractivity contribution < 1.29 is 14.8 Å². The van der Waals surface area contributed by atoms with Crippen LogP contribution in [0.4, 0.5) is 11.4 Å². The second-order valence-corrected chi connectivity index (χ2v) is 5.22. The molecule has 0 aliphatic carbocycles. The molecule has 0 atom stereocenters. The number of nitro groups is 1. The van der Waals surface area contributed by atoms with Gasteiger partial charge in [0.05, 0.1) is 10.6 Å². The van der Waals surface area contributed by atoms with E-state index in [2.05, 4.69) is 10.6 Å². The van der Waals surface area contributed by atoms with Gasteiger partial charge in [0.2, 0.25) is 0 Å². The van der Waals surface area contributed by atoms with Gasteiger partial charge in [-0.3, -0.25) is 20.2 Å². The van der Waals surface area contributed by atoms with Gasteiger partial charge in [0.15, 0.2) is 5.11 Å². The second-order valence-electron chi connectivity index (χ2n) is 4.38. The van der Waals surface area contributed by atoms with E-state index in [4.69, 9.17) is 23.8 Å². The minimum absolute atomic E-state index is 0.0821. The quantitative estimate of drug-likeness (QED) is 0.340. The third kappa shape index (κ3) is 4.38. The van der Waals surface area contributed by atoms with E-state index in [1.54, 1.807) is 0 Å². The SMILES string of the molecule is O=C(NC(=S)Nc1cc(Cl)ccc1O)c1cccc([N+](=O)[O-])c1. The van der Waals surface area contributed by atoms with Crippen molar-refractivity contribution >= 4 is 46.2 Å². The smallest absolute Gasteiger partial charge is 0.270 e. The summed E-state index contributed by atoms with van der Waals surface area (Å²) in [5, 5.41) is 25.6. The fourth-order valence-corrected chi connectivity index (χ4v) is 2.07. The maximum atomic E-state index is 12.0. The summed E-state index contributed by atoms with van der Waals surface area (Å²) in [5.74, 6) is -0.714. The van der Waals surface area contributed by atoms with Crippen LogP contribution < -0.4 is 10.6 Å². The number of thiocarbonyl (C=S) groups is 1. The molecule has 23 heavy (non-hydrogen) atoms. The van der Waals surface area contributed by atoms with Crippen LogP contribution in [0.5, 0.6) is 5.75 Å². The Balaban J connectivity index is 2.08. The zero-order chi connectivity index (χ0) is 17.0. The fourth-order valence-electron chi connectivity index (χ4n) is 1.70. The number of carbonyl (C=O) groups excluding carboxylic acids is 1. The number of phenols is 1. The summed E-state index contributed by atoms with van der Waals surface area (Å²) < 4.78 is 0. The first kappa shape index (κ1) is 16.7. The summed E-state index contributed by atoms with van der Waals surface area (Å²) in [6.07, 6.45) is 0. The number of anilines is 1. The van der Waals surface area contributed by atoms with E-state index < -0.39 is 10.8 Å². The molecule has 7 nitrogen and oxygen atoms in total. The summed E-state index contributed by atoms with van der Waals surface area (Å²) in [6.45, 7) is 0. The monoisotopic (exact) mass is 351 g/mol. The summed E-state index contributed by atoms with van der Waals surface area (Å²) in [7, 11) is 0. The van der Waals surface area contributed by atoms with Gasteiger partial charge in [-0.25, -0.2) is 0 Å². The van der Waals surface area contributed by atoms with Gasteiger partial charge in [0, 0.05) is 22.7 Å². The zero-order valence-electron chi connectivity index (χ0n) is 11.4. The van der Waals surface area contributed by atoms with Crippen LogP contribution in [-0.2, 0) is 0 Å². The Kier molecular flexibility index (Phi) is 5.09. The van der Waals surface area contributed by atoms with Gasteiger partial charge in [-0.15, -0.1) is 0 Å². The van der Waals surface area contributed by atoms with E-state index in [1.165, 1.54) is 36.4 Å². The lowest BCUT2D eigenvalue weighted by atomic mass is 10.2. The van der Waals surface area contributed by atoms with Crippen molar-refractivity contribution in [3.63, 3.8) is 0 Å². The zero-order valence-corrected chi connectivity index (χ0v) is 13.0. The van der Waals surface area contributed by atoms with Gasteiger partial charge in [-0.05, 0) is 36.5 Å². The van der Waals surface area contributed by atoms with Crippen LogP contribution in [0.2, 0.25) is 5.02 Å². The van der Waals surface area contributed by atoms with Crippen molar-refractivity contribution in [1.29, 1.82) is 0 Å². The standard InChI is InChI=1S/C14H10ClN3O4S/c15-9-4-5-12(19)11(7-9)16-14(23)17-13(20)8-2-1-3-10(6-8)18(21)22/h1-7,19H,(H2,16,17,20,23). The number of benzene rings is 2. The van der Waals surface area contributed by atoms with Crippen LogP contribution in [-0.4, -0.2) is 21.0 Å². The van der Waals surface area contributed by atoms with Gasteiger partial charge in [0.1, 0.15) is 5.75 Å². The first-order valence-electron chi connectivity index (χ1n) is 6.22. The number of phenolic OH excluding ortho intramolecular Hbond substituents is 1. The fraction of sp³-hybridized carbons (Fsp3) is 0. The van der Waals surface area contributed by atoms with E-state index >= 15 is 0 Å². The molecule has 0 bridgehead atoms. The molecule has 3 N–H and O–H groups in total. The molecule has 0 unspecified atom stereocenters. The number of aromatic hydroxyl groups is 1. The molecule has 0 fully saturated rings. The van der Waals surface area contributed by atoms with Gasteiger partial charge in [-0.1, -0.05) is 17.7 Å². The summed E-state index contributed by atoms with van der Waals surface area (Å²) in [6, 6.07) is 9.52. The molecule has 9 heteroatoms. The van der Waals surface area contributed by atoms with E-state index in [0.717, 1.165) is 6.07 Å². The van der Waals surface area contributed by atoms with Gasteiger partial charge in [-0.2, -0.15) is 0 Å². The number of amides is 1. The Bertz CT molecular complexity index is 797. The maximum Gasteiger partial charge on any atom is 0.270 e. The van der Waals surface area contributed by atoms with Crippen LogP contribution >= 0.6 is 23.8 Å². The molecule has 0 radical (unpaired) electrons. The van der Waals surface area contributed by atoms with E-state index in [9.17, 15) is 20.0 Å². The summed E-state index contributed by atoms with van der Waals surface area (Å²) in [5.41, 5.74) is 0.101. The highest BCUT2D eigenvalue weighted by Crippen LogP contribution is 2.26. The number of carbonyl (C=O) groups is 1. The number of rotatable bonds is 3. The highest BCUT2D eigenvalue weighted by Gasteiger charge is 2.13. The third-order valence-electron chi connectivity index (χ3n) is 2.75. The number of nitrogens with zero attached hydrogens (tertiary/aromatic N) is 1. The van der Waals surface area contributed by atoms with Crippen molar-refractivity contribution in [2.24, 2.45) is 0 Å². The second kappa shape index (κ2) is 7.03. The number of nitrogens with one attached hydrogen (secondary N) is 2.